The maximum absolute atomic E-state index is 13.4. The lowest BCUT2D eigenvalue weighted by Gasteiger charge is -2.30. The Balaban J connectivity index is 1.75. The van der Waals surface area contributed by atoms with Gasteiger partial charge in [0.25, 0.3) is 5.56 Å². The summed E-state index contributed by atoms with van der Waals surface area (Å²) in [6.45, 7) is 3.68. The Morgan fingerprint density at radius 1 is 0.970 bits per heavy atom. The zero-order chi connectivity index (χ0) is 23.4. The molecule has 3 heterocycles. The first-order chi connectivity index (χ1) is 16.0. The largest absolute Gasteiger partial charge is 0.383 e. The van der Waals surface area contributed by atoms with Crippen molar-refractivity contribution in [3.05, 3.63) is 57.0 Å². The summed E-state index contributed by atoms with van der Waals surface area (Å²) in [6, 6.07) is 9.37. The van der Waals surface area contributed by atoms with Crippen LogP contribution in [0, 0.1) is 0 Å². The van der Waals surface area contributed by atoms with Crippen LogP contribution in [0.3, 0.4) is 0 Å². The molecule has 1 fully saturated rings. The molecule has 5 N–H and O–H groups in total. The van der Waals surface area contributed by atoms with Crippen LogP contribution in [-0.4, -0.2) is 37.2 Å². The van der Waals surface area contributed by atoms with Gasteiger partial charge in [-0.05, 0) is 37.8 Å². The average Bonchev–Trinajstić information content (AvgIpc) is 2.81. The molecule has 11 nitrogen and oxygen atoms in total. The summed E-state index contributed by atoms with van der Waals surface area (Å²) in [5, 5.41) is 3.06. The van der Waals surface area contributed by atoms with Crippen molar-refractivity contribution in [2.24, 2.45) is 0 Å². The van der Waals surface area contributed by atoms with Gasteiger partial charge in [-0.3, -0.25) is 13.9 Å². The number of para-hydroxylation sites is 1. The molecule has 0 unspecified atom stereocenters. The summed E-state index contributed by atoms with van der Waals surface area (Å²) >= 11 is 0. The summed E-state index contributed by atoms with van der Waals surface area (Å²) < 4.78 is 2.59. The maximum atomic E-state index is 13.4. The summed E-state index contributed by atoms with van der Waals surface area (Å²) in [7, 11) is 0. The van der Waals surface area contributed by atoms with E-state index in [0.29, 0.717) is 18.7 Å². The van der Waals surface area contributed by atoms with E-state index in [4.69, 9.17) is 11.5 Å². The minimum Gasteiger partial charge on any atom is -0.383 e. The van der Waals surface area contributed by atoms with Crippen LogP contribution in [-0.2, 0) is 13.1 Å². The normalized spacial score (nSPS) is 13.8. The van der Waals surface area contributed by atoms with Crippen molar-refractivity contribution in [1.29, 1.82) is 0 Å². The fourth-order valence-electron chi connectivity index (χ4n) is 4.05. The van der Waals surface area contributed by atoms with Crippen LogP contribution in [0.4, 0.5) is 29.1 Å². The molecule has 0 spiro atoms. The predicted octanol–water partition coefficient (Wildman–Crippen LogP) is 1.55. The van der Waals surface area contributed by atoms with E-state index in [0.717, 1.165) is 42.6 Å². The fraction of sp³-hybridized carbons (Fsp3) is 0.409. The highest BCUT2D eigenvalue weighted by Crippen LogP contribution is 2.22. The first-order valence-electron chi connectivity index (χ1n) is 11.2. The fourth-order valence-corrected chi connectivity index (χ4v) is 4.05. The summed E-state index contributed by atoms with van der Waals surface area (Å²) in [4.78, 5) is 41.3. The number of hydrogen-bond donors (Lipinski definition) is 3. The van der Waals surface area contributed by atoms with E-state index in [1.165, 1.54) is 4.57 Å². The molecule has 1 aliphatic rings. The van der Waals surface area contributed by atoms with Crippen LogP contribution in [0.5, 0.6) is 0 Å². The van der Waals surface area contributed by atoms with E-state index >= 15 is 0 Å². The van der Waals surface area contributed by atoms with Gasteiger partial charge in [0, 0.05) is 25.3 Å². The van der Waals surface area contributed by atoms with E-state index in [1.54, 1.807) is 0 Å². The SMILES string of the molecule is CCCn1c(N)c(N2CCCCC2)c(=O)n(Cc2nc(N)nc(Nc3ccccc3)n2)c1=O. The van der Waals surface area contributed by atoms with E-state index in [2.05, 4.69) is 20.3 Å². The molecule has 0 amide bonds. The molecular weight excluding hydrogens is 422 g/mol. The second-order valence-electron chi connectivity index (χ2n) is 8.03. The number of aromatic nitrogens is 5. The molecule has 0 bridgehead atoms. The Morgan fingerprint density at radius 2 is 1.70 bits per heavy atom. The third-order valence-electron chi connectivity index (χ3n) is 5.59. The van der Waals surface area contributed by atoms with Crippen LogP contribution in [0.1, 0.15) is 38.4 Å². The molecule has 11 heteroatoms. The number of piperidine rings is 1. The number of nitrogens with one attached hydrogen (secondary N) is 1. The van der Waals surface area contributed by atoms with Crippen LogP contribution in [0.25, 0.3) is 0 Å². The highest BCUT2D eigenvalue weighted by atomic mass is 16.2. The van der Waals surface area contributed by atoms with Crippen molar-refractivity contribution in [2.45, 2.75) is 45.7 Å². The van der Waals surface area contributed by atoms with Gasteiger partial charge >= 0.3 is 5.69 Å². The highest BCUT2D eigenvalue weighted by molar-refractivity contribution is 5.63. The highest BCUT2D eigenvalue weighted by Gasteiger charge is 2.24. The van der Waals surface area contributed by atoms with Gasteiger partial charge in [0.15, 0.2) is 5.82 Å². The molecular formula is C22H29N9O2. The van der Waals surface area contributed by atoms with Crippen molar-refractivity contribution in [3.8, 4) is 0 Å². The summed E-state index contributed by atoms with van der Waals surface area (Å²) in [5.74, 6) is 0.647. The van der Waals surface area contributed by atoms with Crippen LogP contribution >= 0.6 is 0 Å². The molecule has 3 aromatic rings. The molecule has 2 aromatic heterocycles. The number of benzene rings is 1. The molecule has 1 aliphatic heterocycles. The maximum Gasteiger partial charge on any atom is 0.333 e. The topological polar surface area (TPSA) is 150 Å². The molecule has 0 radical (unpaired) electrons. The molecule has 1 saturated heterocycles. The summed E-state index contributed by atoms with van der Waals surface area (Å²) in [5.41, 5.74) is 12.4. The Kier molecular flexibility index (Phi) is 6.57. The van der Waals surface area contributed by atoms with Gasteiger partial charge < -0.3 is 21.7 Å². The van der Waals surface area contributed by atoms with E-state index in [-0.39, 0.29) is 30.1 Å². The van der Waals surface area contributed by atoms with Crippen molar-refractivity contribution in [3.63, 3.8) is 0 Å². The molecule has 0 aliphatic carbocycles. The number of anilines is 5. The average molecular weight is 452 g/mol. The van der Waals surface area contributed by atoms with Crippen molar-refractivity contribution in [2.75, 3.05) is 34.8 Å². The van der Waals surface area contributed by atoms with Crippen molar-refractivity contribution in [1.82, 2.24) is 24.1 Å². The monoisotopic (exact) mass is 451 g/mol. The summed E-state index contributed by atoms with van der Waals surface area (Å²) in [6.07, 6.45) is 3.76. The zero-order valence-electron chi connectivity index (χ0n) is 18.7. The van der Waals surface area contributed by atoms with Gasteiger partial charge in [-0.25, -0.2) is 4.79 Å². The molecule has 33 heavy (non-hydrogen) atoms. The molecule has 1 aromatic carbocycles. The minimum absolute atomic E-state index is 0.00735. The van der Waals surface area contributed by atoms with Crippen molar-refractivity contribution < 1.29 is 0 Å². The predicted molar refractivity (Wildman–Crippen MR) is 129 cm³/mol. The standard InChI is InChI=1S/C22H29N9O2/c1-2-11-30-18(23)17(29-12-7-4-8-13-29)19(32)31(22(30)33)14-16-26-20(24)28-21(27-16)25-15-9-5-3-6-10-15/h3,5-6,9-10H,2,4,7-8,11-14,23H2,1H3,(H3,24,25,26,27,28). The quantitative estimate of drug-likeness (QED) is 0.486. The van der Waals surface area contributed by atoms with Gasteiger partial charge in [-0.15, -0.1) is 0 Å². The first-order valence-corrected chi connectivity index (χ1v) is 11.2. The Labute approximate surface area is 191 Å². The molecule has 4 rings (SSSR count). The lowest BCUT2D eigenvalue weighted by molar-refractivity contribution is 0.545. The van der Waals surface area contributed by atoms with Crippen LogP contribution < -0.4 is 32.9 Å². The lowest BCUT2D eigenvalue weighted by atomic mass is 10.1. The van der Waals surface area contributed by atoms with E-state index < -0.39 is 11.2 Å². The molecule has 0 atom stereocenters. The van der Waals surface area contributed by atoms with Gasteiger partial charge in [-0.2, -0.15) is 15.0 Å². The van der Waals surface area contributed by atoms with Gasteiger partial charge in [0.05, 0.1) is 6.54 Å². The lowest BCUT2D eigenvalue weighted by Crippen LogP contribution is -2.46. The minimum atomic E-state index is -0.489. The smallest absolute Gasteiger partial charge is 0.333 e. The second-order valence-corrected chi connectivity index (χ2v) is 8.03. The number of nitrogens with zero attached hydrogens (tertiary/aromatic N) is 6. The van der Waals surface area contributed by atoms with Crippen molar-refractivity contribution >= 4 is 29.1 Å². The number of nitrogens with two attached hydrogens (primary N) is 2. The van der Waals surface area contributed by atoms with Crippen LogP contribution in [0.2, 0.25) is 0 Å². The zero-order valence-corrected chi connectivity index (χ0v) is 18.7. The number of rotatable bonds is 7. The Hall–Kier alpha value is -3.89. The third-order valence-corrected chi connectivity index (χ3v) is 5.59. The Morgan fingerprint density at radius 3 is 2.39 bits per heavy atom. The second kappa shape index (κ2) is 9.72. The molecule has 0 saturated carbocycles. The van der Waals surface area contributed by atoms with Gasteiger partial charge in [-0.1, -0.05) is 25.1 Å². The van der Waals surface area contributed by atoms with E-state index in [1.807, 2.05) is 42.2 Å². The van der Waals surface area contributed by atoms with Crippen LogP contribution in [0.15, 0.2) is 39.9 Å². The molecule has 174 valence electrons. The Bertz CT molecular complexity index is 1230. The number of nitrogen functional groups attached to an aromatic ring is 2. The van der Waals surface area contributed by atoms with Gasteiger partial charge in [0.2, 0.25) is 11.9 Å². The number of hydrogen-bond acceptors (Lipinski definition) is 9. The van der Waals surface area contributed by atoms with Gasteiger partial charge in [0.1, 0.15) is 11.5 Å². The van der Waals surface area contributed by atoms with E-state index in [9.17, 15) is 9.59 Å². The third kappa shape index (κ3) is 4.81. The first kappa shape index (κ1) is 22.3.